The standard InChI is InChI=1S/C21H29B/c1-7-14(2)12-19-8-9-20(16(4)13-19)22-21-17(5)10-15(3)11-18(21)6/h8-11,13-14,22H,7,12H2,1-6H3. The van der Waals surface area contributed by atoms with Gasteiger partial charge in [0.25, 0.3) is 0 Å². The van der Waals surface area contributed by atoms with Crippen LogP contribution in [0.5, 0.6) is 0 Å². The normalized spacial score (nSPS) is 12.3. The van der Waals surface area contributed by atoms with Crippen molar-refractivity contribution in [3.05, 3.63) is 58.1 Å². The summed E-state index contributed by atoms with van der Waals surface area (Å²) in [6.07, 6.45) is 2.45. The molecule has 0 heterocycles. The van der Waals surface area contributed by atoms with E-state index in [2.05, 4.69) is 71.9 Å². The van der Waals surface area contributed by atoms with Gasteiger partial charge in [-0.1, -0.05) is 83.8 Å². The molecule has 0 aliphatic rings. The zero-order chi connectivity index (χ0) is 16.3. The molecule has 0 aliphatic heterocycles. The molecule has 1 atom stereocenters. The van der Waals surface area contributed by atoms with Gasteiger partial charge in [-0.2, -0.15) is 0 Å². The van der Waals surface area contributed by atoms with Gasteiger partial charge in [-0.25, -0.2) is 0 Å². The van der Waals surface area contributed by atoms with Crippen molar-refractivity contribution in [2.45, 2.75) is 54.4 Å². The Hall–Kier alpha value is -1.50. The molecule has 0 saturated carbocycles. The molecule has 1 heteroatoms. The first-order valence-electron chi connectivity index (χ1n) is 8.55. The Morgan fingerprint density at radius 2 is 1.55 bits per heavy atom. The van der Waals surface area contributed by atoms with Crippen molar-refractivity contribution in [2.24, 2.45) is 5.92 Å². The van der Waals surface area contributed by atoms with Gasteiger partial charge in [-0.3, -0.25) is 0 Å². The molecular weight excluding hydrogens is 263 g/mol. The Bertz CT molecular complexity index is 632. The Kier molecular flexibility index (Phi) is 5.50. The van der Waals surface area contributed by atoms with Crippen LogP contribution in [0.1, 0.15) is 48.1 Å². The lowest BCUT2D eigenvalue weighted by molar-refractivity contribution is 0.560. The molecule has 0 aromatic heterocycles. The fourth-order valence-corrected chi connectivity index (χ4v) is 3.31. The maximum Gasteiger partial charge on any atom is 0.193 e. The SMILES string of the molecule is CCC(C)Cc1ccc(Bc2c(C)cc(C)cc2C)c(C)c1. The van der Waals surface area contributed by atoms with Gasteiger partial charge < -0.3 is 0 Å². The van der Waals surface area contributed by atoms with Gasteiger partial charge in [0, 0.05) is 0 Å². The van der Waals surface area contributed by atoms with E-state index in [1.807, 2.05) is 0 Å². The molecule has 0 bridgehead atoms. The van der Waals surface area contributed by atoms with E-state index >= 15 is 0 Å². The second-order valence-corrected chi connectivity index (χ2v) is 7.03. The van der Waals surface area contributed by atoms with Crippen LogP contribution >= 0.6 is 0 Å². The van der Waals surface area contributed by atoms with Crippen LogP contribution in [0.4, 0.5) is 0 Å². The third-order valence-electron chi connectivity index (χ3n) is 4.90. The third-order valence-corrected chi connectivity index (χ3v) is 4.90. The molecule has 1 unspecified atom stereocenters. The van der Waals surface area contributed by atoms with Gasteiger partial charge in [-0.15, -0.1) is 0 Å². The Morgan fingerprint density at radius 3 is 2.09 bits per heavy atom. The summed E-state index contributed by atoms with van der Waals surface area (Å²) >= 11 is 0. The van der Waals surface area contributed by atoms with Gasteiger partial charge in [0.2, 0.25) is 0 Å². The fourth-order valence-electron chi connectivity index (χ4n) is 3.31. The maximum absolute atomic E-state index is 2.39. The second kappa shape index (κ2) is 7.18. The minimum absolute atomic E-state index is 0.770. The number of hydrogen-bond acceptors (Lipinski definition) is 0. The summed E-state index contributed by atoms with van der Waals surface area (Å²) in [5.74, 6) is 0.770. The summed E-state index contributed by atoms with van der Waals surface area (Å²) in [6, 6.07) is 11.7. The molecule has 0 N–H and O–H groups in total. The zero-order valence-corrected chi connectivity index (χ0v) is 15.1. The first kappa shape index (κ1) is 16.9. The molecule has 0 saturated heterocycles. The molecule has 0 nitrogen and oxygen atoms in total. The topological polar surface area (TPSA) is 0 Å². The summed E-state index contributed by atoms with van der Waals surface area (Å²) in [5, 5.41) is 0. The number of benzene rings is 2. The smallest absolute Gasteiger partial charge is 0.0757 e. The van der Waals surface area contributed by atoms with Crippen LogP contribution < -0.4 is 10.9 Å². The molecule has 0 spiro atoms. The second-order valence-electron chi connectivity index (χ2n) is 7.03. The molecule has 0 radical (unpaired) electrons. The van der Waals surface area contributed by atoms with E-state index < -0.39 is 0 Å². The Balaban J connectivity index is 2.24. The number of aryl methyl sites for hydroxylation is 4. The van der Waals surface area contributed by atoms with Crippen molar-refractivity contribution in [1.82, 2.24) is 0 Å². The van der Waals surface area contributed by atoms with E-state index in [0.717, 1.165) is 13.2 Å². The van der Waals surface area contributed by atoms with E-state index in [1.165, 1.54) is 51.6 Å². The van der Waals surface area contributed by atoms with Crippen molar-refractivity contribution < 1.29 is 0 Å². The molecule has 0 amide bonds. The maximum atomic E-state index is 2.39. The molecule has 2 aromatic rings. The first-order chi connectivity index (χ1) is 10.4. The van der Waals surface area contributed by atoms with Crippen molar-refractivity contribution in [1.29, 1.82) is 0 Å². The molecular formula is C21H29B. The largest absolute Gasteiger partial charge is 0.193 e. The van der Waals surface area contributed by atoms with Crippen molar-refractivity contribution in [2.75, 3.05) is 0 Å². The molecule has 0 aliphatic carbocycles. The average Bonchev–Trinajstić information content (AvgIpc) is 2.44. The summed E-state index contributed by atoms with van der Waals surface area (Å²) in [5.41, 5.74) is 10.1. The van der Waals surface area contributed by atoms with Gasteiger partial charge in [0.15, 0.2) is 7.28 Å². The van der Waals surface area contributed by atoms with E-state index in [4.69, 9.17) is 0 Å². The lowest BCUT2D eigenvalue weighted by Gasteiger charge is -2.14. The lowest BCUT2D eigenvalue weighted by Crippen LogP contribution is -2.33. The van der Waals surface area contributed by atoms with Gasteiger partial charge in [-0.05, 0) is 45.6 Å². The third kappa shape index (κ3) is 4.03. The fraction of sp³-hybridized carbons (Fsp3) is 0.429. The number of hydrogen-bond donors (Lipinski definition) is 0. The zero-order valence-electron chi connectivity index (χ0n) is 15.1. The molecule has 22 heavy (non-hydrogen) atoms. The lowest BCUT2D eigenvalue weighted by atomic mass is 9.59. The van der Waals surface area contributed by atoms with Crippen molar-refractivity contribution in [3.63, 3.8) is 0 Å². The molecule has 2 rings (SSSR count). The predicted octanol–water partition coefficient (Wildman–Crippen LogP) is 3.90. The highest BCUT2D eigenvalue weighted by molar-refractivity contribution is 6.68. The van der Waals surface area contributed by atoms with Gasteiger partial charge in [0.05, 0.1) is 0 Å². The van der Waals surface area contributed by atoms with Crippen LogP contribution in [0, 0.1) is 33.6 Å². The molecule has 2 aromatic carbocycles. The average molecular weight is 292 g/mol. The predicted molar refractivity (Wildman–Crippen MR) is 101 cm³/mol. The first-order valence-corrected chi connectivity index (χ1v) is 8.55. The van der Waals surface area contributed by atoms with E-state index in [0.29, 0.717) is 0 Å². The Labute approximate surface area is 137 Å². The minimum Gasteiger partial charge on any atom is -0.0757 e. The highest BCUT2D eigenvalue weighted by Crippen LogP contribution is 2.12. The highest BCUT2D eigenvalue weighted by atomic mass is 14.1. The van der Waals surface area contributed by atoms with Crippen LogP contribution in [0.25, 0.3) is 0 Å². The van der Waals surface area contributed by atoms with Gasteiger partial charge in [0.1, 0.15) is 0 Å². The Morgan fingerprint density at radius 1 is 0.909 bits per heavy atom. The van der Waals surface area contributed by atoms with Crippen LogP contribution in [0.15, 0.2) is 30.3 Å². The van der Waals surface area contributed by atoms with Gasteiger partial charge >= 0.3 is 0 Å². The van der Waals surface area contributed by atoms with Crippen molar-refractivity contribution in [3.8, 4) is 0 Å². The molecule has 0 fully saturated rings. The van der Waals surface area contributed by atoms with Crippen LogP contribution in [0.3, 0.4) is 0 Å². The highest BCUT2D eigenvalue weighted by Gasteiger charge is 2.10. The van der Waals surface area contributed by atoms with Crippen LogP contribution in [-0.2, 0) is 6.42 Å². The minimum atomic E-state index is 0.770. The molecule has 116 valence electrons. The van der Waals surface area contributed by atoms with E-state index in [-0.39, 0.29) is 0 Å². The van der Waals surface area contributed by atoms with E-state index in [9.17, 15) is 0 Å². The van der Waals surface area contributed by atoms with E-state index in [1.54, 1.807) is 0 Å². The monoisotopic (exact) mass is 292 g/mol. The summed E-state index contributed by atoms with van der Waals surface area (Å²) in [6.45, 7) is 13.5. The van der Waals surface area contributed by atoms with Crippen molar-refractivity contribution >= 4 is 18.2 Å². The summed E-state index contributed by atoms with van der Waals surface area (Å²) < 4.78 is 0. The van der Waals surface area contributed by atoms with Crippen LogP contribution in [-0.4, -0.2) is 7.28 Å². The summed E-state index contributed by atoms with van der Waals surface area (Å²) in [4.78, 5) is 0. The number of rotatable bonds is 5. The quantitative estimate of drug-likeness (QED) is 0.733. The summed E-state index contributed by atoms with van der Waals surface area (Å²) in [7, 11) is 1.05. The van der Waals surface area contributed by atoms with Crippen LogP contribution in [0.2, 0.25) is 0 Å².